The van der Waals surface area contributed by atoms with Crippen LogP contribution in [0, 0.1) is 0 Å². The molecule has 0 atom stereocenters. The topological polar surface area (TPSA) is 85.6 Å². The molecule has 0 saturated heterocycles. The second-order valence-corrected chi connectivity index (χ2v) is 6.30. The highest BCUT2D eigenvalue weighted by Gasteiger charge is 2.23. The lowest BCUT2D eigenvalue weighted by molar-refractivity contribution is 0.0946. The van der Waals surface area contributed by atoms with Crippen LogP contribution in [0.15, 0.2) is 73.2 Å². The van der Waals surface area contributed by atoms with Gasteiger partial charge in [0.1, 0.15) is 5.69 Å². The van der Waals surface area contributed by atoms with E-state index in [-0.39, 0.29) is 18.1 Å². The van der Waals surface area contributed by atoms with E-state index in [9.17, 15) is 4.79 Å². The van der Waals surface area contributed by atoms with Crippen LogP contribution in [0.25, 0.3) is 16.9 Å². The molecule has 0 aliphatic heterocycles. The molecule has 7 nitrogen and oxygen atoms in total. The molecule has 8 heteroatoms. The molecular formula is C20H15ClN6O. The molecule has 0 aliphatic carbocycles. The molecule has 3 heterocycles. The average molecular weight is 391 g/mol. The van der Waals surface area contributed by atoms with Gasteiger partial charge in [0.05, 0.1) is 22.9 Å². The minimum Gasteiger partial charge on any atom is -0.345 e. The first-order chi connectivity index (χ1) is 13.7. The van der Waals surface area contributed by atoms with Gasteiger partial charge in [-0.05, 0) is 36.4 Å². The first-order valence-electron chi connectivity index (χ1n) is 8.53. The van der Waals surface area contributed by atoms with Gasteiger partial charge in [-0.2, -0.15) is 0 Å². The van der Waals surface area contributed by atoms with Crippen molar-refractivity contribution in [3.8, 4) is 16.9 Å². The highest BCUT2D eigenvalue weighted by Crippen LogP contribution is 2.28. The molecule has 1 N–H and O–H groups in total. The molecule has 0 unspecified atom stereocenters. The maximum absolute atomic E-state index is 12.8. The number of hydrogen-bond acceptors (Lipinski definition) is 5. The Bertz CT molecular complexity index is 1100. The largest absolute Gasteiger partial charge is 0.345 e. The molecule has 0 saturated carbocycles. The van der Waals surface area contributed by atoms with Crippen LogP contribution >= 0.6 is 11.6 Å². The molecule has 3 aromatic heterocycles. The van der Waals surface area contributed by atoms with Gasteiger partial charge < -0.3 is 5.32 Å². The summed E-state index contributed by atoms with van der Waals surface area (Å²) in [6, 6.07) is 16.4. The van der Waals surface area contributed by atoms with E-state index in [0.29, 0.717) is 22.0 Å². The Morgan fingerprint density at radius 2 is 1.89 bits per heavy atom. The number of rotatable bonds is 5. The molecule has 138 valence electrons. The molecule has 4 aromatic rings. The SMILES string of the molecule is O=C(NCc1ccccn1)c1nnn(-c2ccccc2Cl)c1-c1cccnc1. The van der Waals surface area contributed by atoms with Crippen LogP contribution in [-0.2, 0) is 6.54 Å². The van der Waals surface area contributed by atoms with Crippen LogP contribution in [0.1, 0.15) is 16.2 Å². The third-order valence-corrected chi connectivity index (χ3v) is 4.38. The number of carbonyl (C=O) groups is 1. The lowest BCUT2D eigenvalue weighted by atomic mass is 10.1. The van der Waals surface area contributed by atoms with Crippen molar-refractivity contribution in [2.24, 2.45) is 0 Å². The second kappa shape index (κ2) is 7.98. The van der Waals surface area contributed by atoms with Gasteiger partial charge in [-0.1, -0.05) is 35.0 Å². The van der Waals surface area contributed by atoms with Crippen LogP contribution in [0.4, 0.5) is 0 Å². The molecule has 0 aliphatic rings. The Hall–Kier alpha value is -3.58. The van der Waals surface area contributed by atoms with Gasteiger partial charge in [0.2, 0.25) is 0 Å². The number of nitrogens with one attached hydrogen (secondary N) is 1. The predicted molar refractivity (Wildman–Crippen MR) is 105 cm³/mol. The lowest BCUT2D eigenvalue weighted by Crippen LogP contribution is -2.24. The molecule has 4 rings (SSSR count). The molecule has 0 radical (unpaired) electrons. The Morgan fingerprint density at radius 3 is 2.64 bits per heavy atom. The number of halogens is 1. The first-order valence-corrected chi connectivity index (χ1v) is 8.91. The van der Waals surface area contributed by atoms with Gasteiger partial charge in [-0.3, -0.25) is 14.8 Å². The summed E-state index contributed by atoms with van der Waals surface area (Å²) in [7, 11) is 0. The number of hydrogen-bond donors (Lipinski definition) is 1. The van der Waals surface area contributed by atoms with Crippen molar-refractivity contribution in [1.82, 2.24) is 30.3 Å². The van der Waals surface area contributed by atoms with Crippen molar-refractivity contribution >= 4 is 17.5 Å². The third-order valence-electron chi connectivity index (χ3n) is 4.06. The van der Waals surface area contributed by atoms with Crippen LogP contribution in [0.3, 0.4) is 0 Å². The van der Waals surface area contributed by atoms with E-state index < -0.39 is 0 Å². The summed E-state index contributed by atoms with van der Waals surface area (Å²) in [5, 5.41) is 11.6. The maximum atomic E-state index is 12.8. The van der Waals surface area contributed by atoms with Gasteiger partial charge in [0.15, 0.2) is 5.69 Å². The zero-order valence-electron chi connectivity index (χ0n) is 14.7. The molecule has 1 amide bonds. The van der Waals surface area contributed by atoms with Gasteiger partial charge in [-0.25, -0.2) is 4.68 Å². The number of carbonyl (C=O) groups excluding carboxylic acids is 1. The molecule has 0 fully saturated rings. The van der Waals surface area contributed by atoms with Gasteiger partial charge in [-0.15, -0.1) is 5.10 Å². The number of pyridine rings is 2. The molecule has 1 aromatic carbocycles. The second-order valence-electron chi connectivity index (χ2n) is 5.90. The normalized spacial score (nSPS) is 10.6. The van der Waals surface area contributed by atoms with E-state index >= 15 is 0 Å². The number of benzene rings is 1. The van der Waals surface area contributed by atoms with Crippen molar-refractivity contribution in [3.63, 3.8) is 0 Å². The standard InChI is InChI=1S/C20H15ClN6O/c21-16-8-1-2-9-17(16)27-19(14-6-5-10-22-12-14)18(25-26-27)20(28)24-13-15-7-3-4-11-23-15/h1-12H,13H2,(H,24,28). The fourth-order valence-electron chi connectivity index (χ4n) is 2.75. The zero-order chi connectivity index (χ0) is 19.3. The Balaban J connectivity index is 1.73. The van der Waals surface area contributed by atoms with Crippen LogP contribution in [0.5, 0.6) is 0 Å². The van der Waals surface area contributed by atoms with Gasteiger partial charge >= 0.3 is 0 Å². The fraction of sp³-hybridized carbons (Fsp3) is 0.0500. The number of para-hydroxylation sites is 1. The van der Waals surface area contributed by atoms with Gasteiger partial charge in [0.25, 0.3) is 5.91 Å². The van der Waals surface area contributed by atoms with Crippen molar-refractivity contribution in [3.05, 3.63) is 89.6 Å². The van der Waals surface area contributed by atoms with E-state index in [1.807, 2.05) is 42.5 Å². The highest BCUT2D eigenvalue weighted by molar-refractivity contribution is 6.32. The summed E-state index contributed by atoms with van der Waals surface area (Å²) in [4.78, 5) is 21.2. The van der Waals surface area contributed by atoms with Crippen LogP contribution in [-0.4, -0.2) is 30.9 Å². The zero-order valence-corrected chi connectivity index (χ0v) is 15.4. The summed E-state index contributed by atoms with van der Waals surface area (Å²) in [5.74, 6) is -0.359. The summed E-state index contributed by atoms with van der Waals surface area (Å²) >= 11 is 6.34. The van der Waals surface area contributed by atoms with Gasteiger partial charge in [0, 0.05) is 24.2 Å². The first kappa shape index (κ1) is 17.8. The fourth-order valence-corrected chi connectivity index (χ4v) is 2.96. The van der Waals surface area contributed by atoms with Crippen molar-refractivity contribution in [2.75, 3.05) is 0 Å². The highest BCUT2D eigenvalue weighted by atomic mass is 35.5. The molecule has 0 bridgehead atoms. The number of nitrogens with zero attached hydrogens (tertiary/aromatic N) is 5. The Labute approximate surface area is 166 Å². The van der Waals surface area contributed by atoms with Crippen molar-refractivity contribution < 1.29 is 4.79 Å². The van der Waals surface area contributed by atoms with E-state index in [2.05, 4.69) is 25.6 Å². The monoisotopic (exact) mass is 390 g/mol. The van der Waals surface area contributed by atoms with E-state index in [1.165, 1.54) is 0 Å². The summed E-state index contributed by atoms with van der Waals surface area (Å²) < 4.78 is 1.55. The van der Waals surface area contributed by atoms with E-state index in [0.717, 1.165) is 5.69 Å². The number of amides is 1. The quantitative estimate of drug-likeness (QED) is 0.565. The molecule has 28 heavy (non-hydrogen) atoms. The molecular weight excluding hydrogens is 376 g/mol. The van der Waals surface area contributed by atoms with E-state index in [1.54, 1.807) is 35.4 Å². The number of aromatic nitrogens is 5. The van der Waals surface area contributed by atoms with Crippen LogP contribution in [0.2, 0.25) is 5.02 Å². The smallest absolute Gasteiger partial charge is 0.274 e. The van der Waals surface area contributed by atoms with Crippen molar-refractivity contribution in [1.29, 1.82) is 0 Å². The summed E-state index contributed by atoms with van der Waals surface area (Å²) in [6.45, 7) is 0.283. The summed E-state index contributed by atoms with van der Waals surface area (Å²) in [5.41, 5.74) is 2.77. The Morgan fingerprint density at radius 1 is 1.04 bits per heavy atom. The minimum atomic E-state index is -0.359. The lowest BCUT2D eigenvalue weighted by Gasteiger charge is -2.09. The Kier molecular flexibility index (Phi) is 5.07. The predicted octanol–water partition coefficient (Wildman–Crippen LogP) is 3.31. The maximum Gasteiger partial charge on any atom is 0.274 e. The van der Waals surface area contributed by atoms with Crippen molar-refractivity contribution in [2.45, 2.75) is 6.54 Å². The van der Waals surface area contributed by atoms with E-state index in [4.69, 9.17) is 11.6 Å². The summed E-state index contributed by atoms with van der Waals surface area (Å²) in [6.07, 6.45) is 4.99. The third kappa shape index (κ3) is 3.60. The average Bonchev–Trinajstić information content (AvgIpc) is 3.19. The minimum absolute atomic E-state index is 0.184. The van der Waals surface area contributed by atoms with Crippen LogP contribution < -0.4 is 5.32 Å². The molecule has 0 spiro atoms.